The molecule has 0 amide bonds. The van der Waals surface area contributed by atoms with Gasteiger partial charge in [0.2, 0.25) is 0 Å². The smallest absolute Gasteiger partial charge is 0.0715 e. The van der Waals surface area contributed by atoms with Crippen molar-refractivity contribution in [2.75, 3.05) is 13.1 Å². The van der Waals surface area contributed by atoms with Gasteiger partial charge in [0.25, 0.3) is 0 Å². The van der Waals surface area contributed by atoms with Crippen LogP contribution in [0.4, 0.5) is 0 Å². The van der Waals surface area contributed by atoms with Gasteiger partial charge in [0.1, 0.15) is 0 Å². The van der Waals surface area contributed by atoms with Gasteiger partial charge in [-0.1, -0.05) is 0 Å². The molecule has 0 unspecified atom stereocenters. The van der Waals surface area contributed by atoms with Crippen LogP contribution in [0.5, 0.6) is 0 Å². The molecular weight excluding hydrogens is 154 g/mol. The summed E-state index contributed by atoms with van der Waals surface area (Å²) in [6.07, 6.45) is 0.698. The lowest BCUT2D eigenvalue weighted by Crippen LogP contribution is -2.37. The van der Waals surface area contributed by atoms with Gasteiger partial charge < -0.3 is 15.5 Å². The first-order chi connectivity index (χ1) is 5.21. The first-order valence-electron chi connectivity index (χ1n) is 4.36. The molecule has 0 aromatic rings. The molecule has 3 heteroatoms. The van der Waals surface area contributed by atoms with Crippen LogP contribution in [-0.4, -0.2) is 34.5 Å². The summed E-state index contributed by atoms with van der Waals surface area (Å²) in [5.41, 5.74) is -1.29. The minimum Gasteiger partial charge on any atom is -0.390 e. The van der Waals surface area contributed by atoms with Gasteiger partial charge in [-0.2, -0.15) is 0 Å². The highest BCUT2D eigenvalue weighted by Gasteiger charge is 2.14. The van der Waals surface area contributed by atoms with Gasteiger partial charge in [-0.25, -0.2) is 0 Å². The van der Waals surface area contributed by atoms with Crippen molar-refractivity contribution in [1.82, 2.24) is 5.32 Å². The Morgan fingerprint density at radius 1 is 1.00 bits per heavy atom. The Hall–Kier alpha value is -0.120. The van der Waals surface area contributed by atoms with Crippen molar-refractivity contribution in [2.24, 2.45) is 0 Å². The lowest BCUT2D eigenvalue weighted by molar-refractivity contribution is 0.0600. The number of rotatable bonds is 5. The van der Waals surface area contributed by atoms with E-state index in [-0.39, 0.29) is 0 Å². The summed E-state index contributed by atoms with van der Waals surface area (Å²) in [6.45, 7) is 8.35. The van der Waals surface area contributed by atoms with Gasteiger partial charge in [0.05, 0.1) is 11.2 Å². The molecule has 0 atom stereocenters. The van der Waals surface area contributed by atoms with Crippen LogP contribution in [0, 0.1) is 0 Å². The summed E-state index contributed by atoms with van der Waals surface area (Å²) in [4.78, 5) is 0. The minimum absolute atomic E-state index is 0.559. The van der Waals surface area contributed by atoms with E-state index in [1.165, 1.54) is 0 Å². The normalized spacial score (nSPS) is 13.5. The molecule has 74 valence electrons. The molecule has 0 bridgehead atoms. The number of nitrogens with one attached hydrogen (secondary N) is 1. The van der Waals surface area contributed by atoms with Crippen LogP contribution in [0.15, 0.2) is 0 Å². The Morgan fingerprint density at radius 2 is 1.50 bits per heavy atom. The van der Waals surface area contributed by atoms with Crippen LogP contribution in [0.2, 0.25) is 0 Å². The largest absolute Gasteiger partial charge is 0.390 e. The zero-order valence-electron chi connectivity index (χ0n) is 8.52. The quantitative estimate of drug-likeness (QED) is 0.534. The van der Waals surface area contributed by atoms with Gasteiger partial charge in [-0.15, -0.1) is 0 Å². The van der Waals surface area contributed by atoms with Crippen molar-refractivity contribution in [3.05, 3.63) is 0 Å². The van der Waals surface area contributed by atoms with E-state index in [0.717, 1.165) is 6.54 Å². The maximum absolute atomic E-state index is 9.34. The molecule has 0 saturated carbocycles. The molecule has 3 nitrogen and oxygen atoms in total. The van der Waals surface area contributed by atoms with Crippen molar-refractivity contribution in [2.45, 2.75) is 45.3 Å². The molecule has 0 fully saturated rings. The third-order valence-electron chi connectivity index (χ3n) is 1.47. The average molecular weight is 175 g/mol. The molecule has 0 aliphatic rings. The van der Waals surface area contributed by atoms with Gasteiger partial charge in [-0.3, -0.25) is 0 Å². The molecule has 3 N–H and O–H groups in total. The first-order valence-corrected chi connectivity index (χ1v) is 4.36. The average Bonchev–Trinajstić information content (AvgIpc) is 1.76. The summed E-state index contributed by atoms with van der Waals surface area (Å²) >= 11 is 0. The third kappa shape index (κ3) is 9.88. The summed E-state index contributed by atoms with van der Waals surface area (Å²) < 4.78 is 0. The highest BCUT2D eigenvalue weighted by Crippen LogP contribution is 2.05. The van der Waals surface area contributed by atoms with Crippen LogP contribution in [0.1, 0.15) is 34.1 Å². The van der Waals surface area contributed by atoms with Crippen LogP contribution in [0.3, 0.4) is 0 Å². The number of aliphatic hydroxyl groups is 2. The van der Waals surface area contributed by atoms with Crippen molar-refractivity contribution < 1.29 is 10.2 Å². The number of hydrogen-bond donors (Lipinski definition) is 3. The van der Waals surface area contributed by atoms with Gasteiger partial charge in [0, 0.05) is 6.54 Å². The Bertz CT molecular complexity index is 105. The molecule has 0 aromatic heterocycles. The standard InChI is InChI=1S/C9H21NO2/c1-8(2,11)5-6-10-7-9(3,4)12/h10-12H,5-7H2,1-4H3. The summed E-state index contributed by atoms with van der Waals surface area (Å²) in [5.74, 6) is 0. The fourth-order valence-corrected chi connectivity index (χ4v) is 0.789. The Balaban J connectivity index is 3.35. The zero-order valence-corrected chi connectivity index (χ0v) is 8.52. The lowest BCUT2D eigenvalue weighted by Gasteiger charge is -2.21. The minimum atomic E-state index is -0.667. The summed E-state index contributed by atoms with van der Waals surface area (Å²) in [7, 11) is 0. The molecule has 0 radical (unpaired) electrons. The Labute approximate surface area is 74.8 Å². The van der Waals surface area contributed by atoms with E-state index < -0.39 is 11.2 Å². The van der Waals surface area contributed by atoms with Crippen molar-refractivity contribution >= 4 is 0 Å². The van der Waals surface area contributed by atoms with E-state index in [2.05, 4.69) is 5.32 Å². The van der Waals surface area contributed by atoms with E-state index in [4.69, 9.17) is 0 Å². The predicted molar refractivity (Wildman–Crippen MR) is 50.1 cm³/mol. The summed E-state index contributed by atoms with van der Waals surface area (Å²) in [5, 5.41) is 21.7. The zero-order chi connectivity index (χ0) is 9.83. The van der Waals surface area contributed by atoms with Gasteiger partial charge in [0.15, 0.2) is 0 Å². The molecular formula is C9H21NO2. The lowest BCUT2D eigenvalue weighted by atomic mass is 10.1. The van der Waals surface area contributed by atoms with E-state index in [1.807, 2.05) is 0 Å². The Morgan fingerprint density at radius 3 is 1.83 bits per heavy atom. The number of hydrogen-bond acceptors (Lipinski definition) is 3. The van der Waals surface area contributed by atoms with Crippen LogP contribution >= 0.6 is 0 Å². The third-order valence-corrected chi connectivity index (χ3v) is 1.47. The second-order valence-corrected chi connectivity index (χ2v) is 4.55. The van der Waals surface area contributed by atoms with Crippen molar-refractivity contribution in [3.63, 3.8) is 0 Å². The Kier molecular flexibility index (Phi) is 4.17. The molecule has 0 heterocycles. The molecule has 0 aliphatic heterocycles. The van der Waals surface area contributed by atoms with Gasteiger partial charge >= 0.3 is 0 Å². The second-order valence-electron chi connectivity index (χ2n) is 4.55. The predicted octanol–water partition coefficient (Wildman–Crippen LogP) is 0.508. The fourth-order valence-electron chi connectivity index (χ4n) is 0.789. The van der Waals surface area contributed by atoms with Crippen LogP contribution < -0.4 is 5.32 Å². The molecule has 0 aromatic carbocycles. The molecule has 0 aliphatic carbocycles. The van der Waals surface area contributed by atoms with E-state index in [0.29, 0.717) is 13.0 Å². The van der Waals surface area contributed by atoms with Crippen LogP contribution in [-0.2, 0) is 0 Å². The topological polar surface area (TPSA) is 52.5 Å². The SMILES string of the molecule is CC(C)(O)CCNCC(C)(C)O. The fraction of sp³-hybridized carbons (Fsp3) is 1.00. The molecule has 0 spiro atoms. The van der Waals surface area contributed by atoms with E-state index >= 15 is 0 Å². The summed E-state index contributed by atoms with van der Waals surface area (Å²) in [6, 6.07) is 0. The molecule has 0 saturated heterocycles. The monoisotopic (exact) mass is 175 g/mol. The highest BCUT2D eigenvalue weighted by atomic mass is 16.3. The highest BCUT2D eigenvalue weighted by molar-refractivity contribution is 4.71. The molecule has 0 rings (SSSR count). The van der Waals surface area contributed by atoms with Gasteiger partial charge in [-0.05, 0) is 40.7 Å². The maximum Gasteiger partial charge on any atom is 0.0715 e. The van der Waals surface area contributed by atoms with Crippen LogP contribution in [0.25, 0.3) is 0 Å². The van der Waals surface area contributed by atoms with E-state index in [9.17, 15) is 10.2 Å². The van der Waals surface area contributed by atoms with Crippen molar-refractivity contribution in [3.8, 4) is 0 Å². The second kappa shape index (κ2) is 4.21. The van der Waals surface area contributed by atoms with Crippen molar-refractivity contribution in [1.29, 1.82) is 0 Å². The molecule has 12 heavy (non-hydrogen) atoms. The first kappa shape index (κ1) is 11.9. The maximum atomic E-state index is 9.34. The van der Waals surface area contributed by atoms with E-state index in [1.54, 1.807) is 27.7 Å².